The molecule has 0 saturated heterocycles. The molecule has 1 fully saturated rings. The number of nitrogens with zero attached hydrogens (tertiary/aromatic N) is 1. The highest BCUT2D eigenvalue weighted by atomic mass is 32.1. The highest BCUT2D eigenvalue weighted by Crippen LogP contribution is 2.61. The smallest absolute Gasteiger partial charge is 0.394 e. The molecule has 2 aromatic rings. The lowest BCUT2D eigenvalue weighted by atomic mass is 9.93. The zero-order chi connectivity index (χ0) is 22.1. The molecule has 0 unspecified atom stereocenters. The third-order valence-corrected chi connectivity index (χ3v) is 6.32. The number of thiophene rings is 1. The van der Waals surface area contributed by atoms with Crippen LogP contribution in [0.2, 0.25) is 0 Å². The second-order valence-corrected chi connectivity index (χ2v) is 8.51. The Balaban J connectivity index is 2.05. The van der Waals surface area contributed by atoms with Gasteiger partial charge < -0.3 is 16.2 Å². The van der Waals surface area contributed by atoms with Gasteiger partial charge in [0.2, 0.25) is 0 Å². The number of allylic oxidation sites excluding steroid dienone is 1. The van der Waals surface area contributed by atoms with Crippen LogP contribution in [0.3, 0.4) is 0 Å². The van der Waals surface area contributed by atoms with E-state index in [2.05, 4.69) is 22.9 Å². The number of halogens is 3. The summed E-state index contributed by atoms with van der Waals surface area (Å²) in [6.45, 7) is 0. The van der Waals surface area contributed by atoms with Gasteiger partial charge in [-0.2, -0.15) is 13.2 Å². The van der Waals surface area contributed by atoms with E-state index in [1.54, 1.807) is 42.8 Å². The molecule has 3 rings (SSSR count). The molecule has 10 heteroatoms. The highest BCUT2D eigenvalue weighted by Gasteiger charge is 2.63. The molecule has 1 aliphatic carbocycles. The number of aliphatic hydroxyl groups excluding tert-OH is 1. The molecule has 1 saturated carbocycles. The molecular weight excluding hydrogens is 433 g/mol. The van der Waals surface area contributed by atoms with Crippen molar-refractivity contribution in [3.05, 3.63) is 51.9 Å². The molecule has 0 radical (unpaired) electrons. The van der Waals surface area contributed by atoms with Crippen LogP contribution in [0.1, 0.15) is 24.1 Å². The van der Waals surface area contributed by atoms with Gasteiger partial charge in [-0.25, -0.2) is 4.99 Å². The van der Waals surface area contributed by atoms with Crippen LogP contribution in [0.25, 0.3) is 0 Å². The SMILES string of the molecule is CNc1ccc(N=C(N)/C(CC2(C(F)(F)F)CC2)=C(\O)C(=N)c2cccs2)c(S)c1. The second kappa shape index (κ2) is 8.35. The number of nitrogens with one attached hydrogen (secondary N) is 2. The van der Waals surface area contributed by atoms with Gasteiger partial charge in [-0.05, 0) is 48.9 Å². The van der Waals surface area contributed by atoms with E-state index in [1.165, 1.54) is 11.3 Å². The minimum atomic E-state index is -4.44. The van der Waals surface area contributed by atoms with Gasteiger partial charge in [0.15, 0.2) is 0 Å². The van der Waals surface area contributed by atoms with E-state index < -0.39 is 23.8 Å². The van der Waals surface area contributed by atoms with Crippen LogP contribution < -0.4 is 11.1 Å². The van der Waals surface area contributed by atoms with E-state index >= 15 is 0 Å². The summed E-state index contributed by atoms with van der Waals surface area (Å²) < 4.78 is 40.7. The summed E-state index contributed by atoms with van der Waals surface area (Å²) in [5.74, 6) is -0.862. The topological polar surface area (TPSA) is 94.5 Å². The first-order chi connectivity index (χ1) is 14.1. The van der Waals surface area contributed by atoms with Gasteiger partial charge in [-0.15, -0.1) is 24.0 Å². The number of benzene rings is 1. The predicted octanol–water partition coefficient (Wildman–Crippen LogP) is 5.68. The number of nitrogens with two attached hydrogens (primary N) is 1. The number of rotatable bonds is 7. The van der Waals surface area contributed by atoms with Gasteiger partial charge in [0, 0.05) is 23.2 Å². The molecule has 160 valence electrons. The van der Waals surface area contributed by atoms with Crippen LogP contribution >= 0.6 is 24.0 Å². The molecule has 0 spiro atoms. The number of amidine groups is 1. The zero-order valence-electron chi connectivity index (χ0n) is 16.0. The Morgan fingerprint density at radius 3 is 2.57 bits per heavy atom. The molecule has 1 aromatic heterocycles. The third kappa shape index (κ3) is 4.49. The number of anilines is 1. The number of hydrogen-bond donors (Lipinski definition) is 5. The molecule has 0 bridgehead atoms. The average Bonchev–Trinajstić information content (AvgIpc) is 3.30. The van der Waals surface area contributed by atoms with E-state index in [-0.39, 0.29) is 30.0 Å². The van der Waals surface area contributed by atoms with E-state index in [9.17, 15) is 18.3 Å². The van der Waals surface area contributed by atoms with Crippen molar-refractivity contribution in [1.82, 2.24) is 0 Å². The summed E-state index contributed by atoms with van der Waals surface area (Å²) in [6.07, 6.45) is -5.09. The molecular formula is C20H21F3N4OS2. The van der Waals surface area contributed by atoms with Crippen LogP contribution in [0, 0.1) is 10.8 Å². The summed E-state index contributed by atoms with van der Waals surface area (Å²) in [7, 11) is 1.74. The fourth-order valence-electron chi connectivity index (χ4n) is 3.00. The van der Waals surface area contributed by atoms with Crippen molar-refractivity contribution in [3.63, 3.8) is 0 Å². The molecule has 5 N–H and O–H groups in total. The summed E-state index contributed by atoms with van der Waals surface area (Å²) in [5, 5.41) is 23.6. The van der Waals surface area contributed by atoms with E-state index in [0.717, 1.165) is 5.69 Å². The second-order valence-electron chi connectivity index (χ2n) is 7.08. The maximum atomic E-state index is 13.6. The Morgan fingerprint density at radius 2 is 2.07 bits per heavy atom. The summed E-state index contributed by atoms with van der Waals surface area (Å²) in [4.78, 5) is 5.11. The number of aliphatic imine (C=N–C) groups is 1. The Morgan fingerprint density at radius 1 is 1.37 bits per heavy atom. The lowest BCUT2D eigenvalue weighted by Gasteiger charge is -2.21. The van der Waals surface area contributed by atoms with Crippen molar-refractivity contribution >= 4 is 46.9 Å². The highest BCUT2D eigenvalue weighted by molar-refractivity contribution is 7.80. The lowest BCUT2D eigenvalue weighted by molar-refractivity contribution is -0.186. The van der Waals surface area contributed by atoms with Crippen molar-refractivity contribution < 1.29 is 18.3 Å². The van der Waals surface area contributed by atoms with Crippen LogP contribution in [0.15, 0.2) is 56.9 Å². The molecule has 5 nitrogen and oxygen atoms in total. The van der Waals surface area contributed by atoms with Gasteiger partial charge in [-0.3, -0.25) is 5.41 Å². The minimum Gasteiger partial charge on any atom is -0.505 e. The minimum absolute atomic E-state index is 0.0540. The zero-order valence-corrected chi connectivity index (χ0v) is 17.8. The summed E-state index contributed by atoms with van der Waals surface area (Å²) >= 11 is 5.55. The van der Waals surface area contributed by atoms with Crippen LogP contribution in [0.5, 0.6) is 0 Å². The Bertz CT molecular complexity index is 1010. The van der Waals surface area contributed by atoms with Crippen molar-refractivity contribution in [2.45, 2.75) is 30.3 Å². The predicted molar refractivity (Wildman–Crippen MR) is 118 cm³/mol. The molecule has 1 aromatic carbocycles. The van der Waals surface area contributed by atoms with Crippen molar-refractivity contribution in [3.8, 4) is 0 Å². The normalized spacial score (nSPS) is 16.8. The quantitative estimate of drug-likeness (QED) is 0.161. The maximum absolute atomic E-state index is 13.6. The Kier molecular flexibility index (Phi) is 6.19. The van der Waals surface area contributed by atoms with Crippen molar-refractivity contribution in [2.24, 2.45) is 16.1 Å². The van der Waals surface area contributed by atoms with Gasteiger partial charge in [0.05, 0.1) is 16.0 Å². The first kappa shape index (κ1) is 22.2. The van der Waals surface area contributed by atoms with Gasteiger partial charge in [0.25, 0.3) is 0 Å². The molecule has 30 heavy (non-hydrogen) atoms. The molecule has 0 amide bonds. The number of alkyl halides is 3. The number of hydrogen-bond acceptors (Lipinski definition) is 6. The van der Waals surface area contributed by atoms with Gasteiger partial charge in [-0.1, -0.05) is 6.07 Å². The van der Waals surface area contributed by atoms with Gasteiger partial charge >= 0.3 is 6.18 Å². The third-order valence-electron chi connectivity index (χ3n) is 5.07. The van der Waals surface area contributed by atoms with Crippen molar-refractivity contribution in [2.75, 3.05) is 12.4 Å². The van der Waals surface area contributed by atoms with Crippen LogP contribution in [-0.2, 0) is 0 Å². The molecule has 0 atom stereocenters. The first-order valence-corrected chi connectivity index (χ1v) is 10.4. The van der Waals surface area contributed by atoms with E-state index in [4.69, 9.17) is 11.1 Å². The number of thiol groups is 1. The lowest BCUT2D eigenvalue weighted by Crippen LogP contribution is -2.29. The van der Waals surface area contributed by atoms with Crippen molar-refractivity contribution in [1.29, 1.82) is 5.41 Å². The molecule has 1 aliphatic rings. The van der Waals surface area contributed by atoms with Crippen LogP contribution in [-0.4, -0.2) is 29.9 Å². The first-order valence-electron chi connectivity index (χ1n) is 9.05. The Hall–Kier alpha value is -2.46. The monoisotopic (exact) mass is 454 g/mol. The fraction of sp³-hybridized carbons (Fsp3) is 0.300. The maximum Gasteiger partial charge on any atom is 0.394 e. The molecule has 1 heterocycles. The Labute approximate surface area is 181 Å². The summed E-state index contributed by atoms with van der Waals surface area (Å²) in [5.41, 5.74) is 4.79. The standard InChI is InChI=1S/C20H21F3N4OS2/c1-26-11-4-5-13(14(29)9-11)27-18(25)12(10-19(6-7-19)20(21,22)23)17(28)16(24)15-3-2-8-30-15/h2-5,8-9,24,26,28-29H,6-7,10H2,1H3,(H2,25,27)/b17-12-,24-16?. The number of aliphatic hydroxyl groups is 1. The van der Waals surface area contributed by atoms with Gasteiger partial charge in [0.1, 0.15) is 17.3 Å². The van der Waals surface area contributed by atoms with E-state index in [1.807, 2.05) is 0 Å². The largest absolute Gasteiger partial charge is 0.505 e. The van der Waals surface area contributed by atoms with E-state index in [0.29, 0.717) is 15.5 Å². The summed E-state index contributed by atoms with van der Waals surface area (Å²) in [6, 6.07) is 8.34. The fourth-order valence-corrected chi connectivity index (χ4v) is 3.94. The average molecular weight is 455 g/mol. The molecule has 0 aliphatic heterocycles. The van der Waals surface area contributed by atoms with Crippen LogP contribution in [0.4, 0.5) is 24.5 Å².